The Morgan fingerprint density at radius 1 is 0.451 bits per heavy atom. The first kappa shape index (κ1) is 28.2. The van der Waals surface area contributed by atoms with E-state index in [9.17, 15) is 0 Å². The molecule has 2 aliphatic rings. The maximum absolute atomic E-state index is 6.38. The molecule has 0 spiro atoms. The van der Waals surface area contributed by atoms with E-state index in [0.29, 0.717) is 0 Å². The van der Waals surface area contributed by atoms with Crippen LogP contribution in [0, 0.1) is 0 Å². The van der Waals surface area contributed by atoms with Crippen LogP contribution in [0.1, 0.15) is 22.7 Å². The van der Waals surface area contributed by atoms with Gasteiger partial charge in [-0.05, 0) is 93.0 Å². The third-order valence-electron chi connectivity index (χ3n) is 10.7. The quantitative estimate of drug-likeness (QED) is 0.190. The van der Waals surface area contributed by atoms with Gasteiger partial charge >= 0.3 is 0 Å². The van der Waals surface area contributed by atoms with Crippen LogP contribution in [0.15, 0.2) is 176 Å². The Morgan fingerprint density at radius 2 is 1.16 bits per heavy atom. The monoisotopic (exact) mass is 650 g/mol. The van der Waals surface area contributed by atoms with Crippen molar-refractivity contribution in [3.8, 4) is 61.8 Å². The number of fused-ring (bicyclic) bond motifs is 8. The number of benzene rings is 7. The van der Waals surface area contributed by atoms with Crippen LogP contribution < -0.4 is 4.74 Å². The van der Waals surface area contributed by atoms with Gasteiger partial charge < -0.3 is 9.30 Å². The van der Waals surface area contributed by atoms with Gasteiger partial charge in [-0.15, -0.1) is 0 Å². The van der Waals surface area contributed by atoms with Gasteiger partial charge in [-0.2, -0.15) is 0 Å². The number of pyridine rings is 1. The summed E-state index contributed by atoms with van der Waals surface area (Å²) in [6, 6.07) is 63.1. The summed E-state index contributed by atoms with van der Waals surface area (Å²) in [6.07, 6.45) is 0. The first-order chi connectivity index (χ1) is 25.3. The lowest BCUT2D eigenvalue weighted by atomic mass is 9.89. The third-order valence-corrected chi connectivity index (χ3v) is 10.7. The van der Waals surface area contributed by atoms with E-state index >= 15 is 0 Å². The van der Waals surface area contributed by atoms with E-state index in [1.165, 1.54) is 60.8 Å². The van der Waals surface area contributed by atoms with Gasteiger partial charge in [0.15, 0.2) is 11.5 Å². The summed E-state index contributed by atoms with van der Waals surface area (Å²) in [5, 5.41) is 2.41. The summed E-state index contributed by atoms with van der Waals surface area (Å²) in [5.74, 6) is 1.77. The molecule has 0 fully saturated rings. The van der Waals surface area contributed by atoms with E-state index in [0.717, 1.165) is 39.7 Å². The average Bonchev–Trinajstić information content (AvgIpc) is 3.72. The third kappa shape index (κ3) is 4.28. The molecule has 1 aliphatic heterocycles. The standard InChI is InChI=1S/C48H30N2O/c1-3-12-30(13-4-1)34-28-41(31-14-5-2-6-15-31)49-42(29-34)47-37-17-8-7-16-35(37)36-24-22-32(27-40(36)47)33-23-25-43-39(26-33)38-18-11-21-46-48(38)50(43)44-19-9-10-20-45(44)51-46/h1-29,47H. The highest BCUT2D eigenvalue weighted by atomic mass is 16.5. The minimum Gasteiger partial charge on any atom is -0.453 e. The number of hydrogen-bond donors (Lipinski definition) is 0. The number of ether oxygens (including phenoxy) is 1. The van der Waals surface area contributed by atoms with Crippen molar-refractivity contribution in [1.82, 2.24) is 9.55 Å². The Hall–Kier alpha value is -6.71. The molecule has 3 nitrogen and oxygen atoms in total. The summed E-state index contributed by atoms with van der Waals surface area (Å²) in [7, 11) is 0. The average molecular weight is 651 g/mol. The summed E-state index contributed by atoms with van der Waals surface area (Å²) in [4.78, 5) is 5.42. The second-order valence-corrected chi connectivity index (χ2v) is 13.5. The van der Waals surface area contributed by atoms with Crippen molar-refractivity contribution in [3.63, 3.8) is 0 Å². The van der Waals surface area contributed by atoms with Crippen molar-refractivity contribution in [3.05, 3.63) is 193 Å². The Balaban J connectivity index is 1.10. The van der Waals surface area contributed by atoms with Crippen LogP contribution in [0.2, 0.25) is 0 Å². The molecule has 9 aromatic rings. The zero-order chi connectivity index (χ0) is 33.5. The van der Waals surface area contributed by atoms with Crippen LogP contribution in [0.25, 0.3) is 72.1 Å². The van der Waals surface area contributed by atoms with Gasteiger partial charge in [0, 0.05) is 16.3 Å². The fourth-order valence-corrected chi connectivity index (χ4v) is 8.36. The van der Waals surface area contributed by atoms with Crippen molar-refractivity contribution >= 4 is 21.8 Å². The summed E-state index contributed by atoms with van der Waals surface area (Å²) in [6.45, 7) is 0. The Bertz CT molecular complexity index is 2780. The minimum atomic E-state index is -0.00163. The van der Waals surface area contributed by atoms with Crippen LogP contribution in [-0.2, 0) is 0 Å². The highest BCUT2D eigenvalue weighted by molar-refractivity contribution is 6.13. The minimum absolute atomic E-state index is 0.00163. The molecule has 3 heterocycles. The van der Waals surface area contributed by atoms with E-state index in [4.69, 9.17) is 9.72 Å². The second kappa shape index (κ2) is 10.9. The molecule has 238 valence electrons. The van der Waals surface area contributed by atoms with E-state index < -0.39 is 0 Å². The molecule has 11 rings (SSSR count). The van der Waals surface area contributed by atoms with Gasteiger partial charge in [0.2, 0.25) is 0 Å². The number of para-hydroxylation sites is 3. The predicted octanol–water partition coefficient (Wildman–Crippen LogP) is 12.4. The molecular formula is C48H30N2O. The van der Waals surface area contributed by atoms with E-state index in [1.807, 2.05) is 12.1 Å². The van der Waals surface area contributed by atoms with Gasteiger partial charge in [0.25, 0.3) is 0 Å². The molecule has 3 heteroatoms. The van der Waals surface area contributed by atoms with Gasteiger partial charge in [-0.25, -0.2) is 0 Å². The largest absolute Gasteiger partial charge is 0.453 e. The number of aromatic nitrogens is 2. The van der Waals surface area contributed by atoms with Gasteiger partial charge in [-0.1, -0.05) is 127 Å². The maximum atomic E-state index is 6.38. The molecule has 0 saturated heterocycles. The fourth-order valence-electron chi connectivity index (χ4n) is 8.36. The molecule has 1 atom stereocenters. The molecule has 1 aliphatic carbocycles. The van der Waals surface area contributed by atoms with Crippen molar-refractivity contribution < 1.29 is 4.74 Å². The Labute approximate surface area is 295 Å². The molecular weight excluding hydrogens is 621 g/mol. The predicted molar refractivity (Wildman–Crippen MR) is 208 cm³/mol. The summed E-state index contributed by atoms with van der Waals surface area (Å²) < 4.78 is 8.73. The van der Waals surface area contributed by atoms with Gasteiger partial charge in [-0.3, -0.25) is 4.98 Å². The van der Waals surface area contributed by atoms with Crippen molar-refractivity contribution in [2.75, 3.05) is 0 Å². The smallest absolute Gasteiger partial charge is 0.152 e. The molecule has 0 N–H and O–H groups in total. The van der Waals surface area contributed by atoms with Gasteiger partial charge in [0.05, 0.1) is 34.0 Å². The molecule has 0 saturated carbocycles. The second-order valence-electron chi connectivity index (χ2n) is 13.5. The maximum Gasteiger partial charge on any atom is 0.152 e. The molecule has 1 unspecified atom stereocenters. The number of hydrogen-bond acceptors (Lipinski definition) is 2. The number of rotatable bonds is 4. The lowest BCUT2D eigenvalue weighted by molar-refractivity contribution is 0.476. The highest BCUT2D eigenvalue weighted by Crippen LogP contribution is 2.50. The van der Waals surface area contributed by atoms with Crippen molar-refractivity contribution in [1.29, 1.82) is 0 Å². The Morgan fingerprint density at radius 3 is 2.04 bits per heavy atom. The van der Waals surface area contributed by atoms with Crippen LogP contribution in [0.5, 0.6) is 11.5 Å². The van der Waals surface area contributed by atoms with Crippen LogP contribution in [0.3, 0.4) is 0 Å². The van der Waals surface area contributed by atoms with E-state index in [1.54, 1.807) is 0 Å². The fraction of sp³-hybridized carbons (Fsp3) is 0.0208. The molecule has 0 bridgehead atoms. The lowest BCUT2D eigenvalue weighted by Crippen LogP contribution is -2.04. The zero-order valence-electron chi connectivity index (χ0n) is 27.6. The molecule has 51 heavy (non-hydrogen) atoms. The van der Waals surface area contributed by atoms with Crippen LogP contribution in [-0.4, -0.2) is 9.55 Å². The highest BCUT2D eigenvalue weighted by Gasteiger charge is 2.32. The van der Waals surface area contributed by atoms with Crippen LogP contribution in [0.4, 0.5) is 0 Å². The molecule has 2 aromatic heterocycles. The van der Waals surface area contributed by atoms with Crippen LogP contribution >= 0.6 is 0 Å². The lowest BCUT2D eigenvalue weighted by Gasteiger charge is -2.20. The van der Waals surface area contributed by atoms with E-state index in [-0.39, 0.29) is 5.92 Å². The molecule has 0 radical (unpaired) electrons. The first-order valence-corrected chi connectivity index (χ1v) is 17.5. The molecule has 0 amide bonds. The zero-order valence-corrected chi connectivity index (χ0v) is 27.6. The number of nitrogens with zero attached hydrogens (tertiary/aromatic N) is 2. The van der Waals surface area contributed by atoms with Crippen molar-refractivity contribution in [2.24, 2.45) is 0 Å². The topological polar surface area (TPSA) is 27.1 Å². The van der Waals surface area contributed by atoms with E-state index in [2.05, 4.69) is 168 Å². The summed E-state index contributed by atoms with van der Waals surface area (Å²) in [5.41, 5.74) is 16.4. The normalized spacial score (nSPS) is 13.8. The SMILES string of the molecule is c1ccc(-c2cc(-c3ccccc3)nc(C3c4ccccc4-c4ccc(-c5ccc6c(c5)c5cccc7c5n6-c5ccccc5O7)cc43)c2)cc1. The van der Waals surface area contributed by atoms with Gasteiger partial charge in [0.1, 0.15) is 0 Å². The van der Waals surface area contributed by atoms with Crippen molar-refractivity contribution in [2.45, 2.75) is 5.92 Å². The molecule has 7 aromatic carbocycles. The first-order valence-electron chi connectivity index (χ1n) is 17.5. The summed E-state index contributed by atoms with van der Waals surface area (Å²) >= 11 is 0. The Kier molecular flexibility index (Phi) is 6.02.